The SMILES string of the molecule is O=C(O)[C@H](Br)CCCC[C@H](Br)C(=O)O. The molecule has 0 aliphatic carbocycles. The maximum absolute atomic E-state index is 10.4. The van der Waals surface area contributed by atoms with E-state index in [1.165, 1.54) is 0 Å². The highest BCUT2D eigenvalue weighted by atomic mass is 79.9. The van der Waals surface area contributed by atoms with Crippen molar-refractivity contribution in [2.75, 3.05) is 0 Å². The van der Waals surface area contributed by atoms with Crippen LogP contribution in [0.15, 0.2) is 0 Å². The van der Waals surface area contributed by atoms with Gasteiger partial charge >= 0.3 is 11.9 Å². The zero-order valence-electron chi connectivity index (χ0n) is 7.45. The van der Waals surface area contributed by atoms with Crippen molar-refractivity contribution >= 4 is 43.8 Å². The Morgan fingerprint density at radius 1 is 0.929 bits per heavy atom. The van der Waals surface area contributed by atoms with Gasteiger partial charge in [0.1, 0.15) is 9.65 Å². The predicted molar refractivity (Wildman–Crippen MR) is 59.2 cm³/mol. The molecule has 0 aliphatic heterocycles. The summed E-state index contributed by atoms with van der Waals surface area (Å²) < 4.78 is 0. The van der Waals surface area contributed by atoms with Crippen molar-refractivity contribution in [2.45, 2.75) is 35.3 Å². The van der Waals surface area contributed by atoms with Gasteiger partial charge < -0.3 is 10.2 Å². The molecule has 0 heterocycles. The van der Waals surface area contributed by atoms with Crippen molar-refractivity contribution < 1.29 is 19.8 Å². The summed E-state index contributed by atoms with van der Waals surface area (Å²) in [6, 6.07) is 0. The number of carboxylic acids is 2. The zero-order chi connectivity index (χ0) is 11.1. The molecular weight excluding hydrogens is 320 g/mol. The number of halogens is 2. The summed E-state index contributed by atoms with van der Waals surface area (Å²) in [5, 5.41) is 17.1. The van der Waals surface area contributed by atoms with Crippen LogP contribution in [0.3, 0.4) is 0 Å². The standard InChI is InChI=1S/C8H12Br2O4/c9-5(7(11)12)3-1-2-4-6(10)8(13)14/h5-6H,1-4H2,(H,11,12)(H,13,14)/t5-,6+. The normalized spacial score (nSPS) is 14.7. The number of unbranched alkanes of at least 4 members (excludes halogenated alkanes) is 1. The second-order valence-corrected chi connectivity index (χ2v) is 5.11. The van der Waals surface area contributed by atoms with Crippen LogP contribution < -0.4 is 0 Å². The van der Waals surface area contributed by atoms with Crippen molar-refractivity contribution in [1.29, 1.82) is 0 Å². The van der Waals surface area contributed by atoms with Gasteiger partial charge in [0.15, 0.2) is 0 Å². The lowest BCUT2D eigenvalue weighted by Crippen LogP contribution is -2.14. The Hall–Kier alpha value is -0.100. The number of alkyl halides is 2. The second-order valence-electron chi connectivity index (χ2n) is 2.90. The molecule has 0 rings (SSSR count). The fourth-order valence-electron chi connectivity index (χ4n) is 0.894. The van der Waals surface area contributed by atoms with Gasteiger partial charge in [0, 0.05) is 0 Å². The van der Waals surface area contributed by atoms with Crippen LogP contribution in [0.5, 0.6) is 0 Å². The highest BCUT2D eigenvalue weighted by Crippen LogP contribution is 2.15. The van der Waals surface area contributed by atoms with Gasteiger partial charge in [0.2, 0.25) is 0 Å². The first kappa shape index (κ1) is 13.9. The van der Waals surface area contributed by atoms with E-state index in [4.69, 9.17) is 10.2 Å². The first-order valence-corrected chi connectivity index (χ1v) is 6.02. The third-order valence-corrected chi connectivity index (χ3v) is 3.40. The van der Waals surface area contributed by atoms with Gasteiger partial charge in [-0.15, -0.1) is 0 Å². The Balaban J connectivity index is 3.47. The molecule has 0 aliphatic rings. The Bertz CT molecular complexity index is 186. The van der Waals surface area contributed by atoms with Crippen LogP contribution in [0.25, 0.3) is 0 Å². The van der Waals surface area contributed by atoms with Gasteiger partial charge in [-0.1, -0.05) is 44.7 Å². The second kappa shape index (κ2) is 7.23. The molecule has 0 aromatic heterocycles. The molecule has 2 atom stereocenters. The van der Waals surface area contributed by atoms with E-state index in [0.717, 1.165) is 0 Å². The van der Waals surface area contributed by atoms with Crippen molar-refractivity contribution in [3.63, 3.8) is 0 Å². The van der Waals surface area contributed by atoms with E-state index in [2.05, 4.69) is 31.9 Å². The summed E-state index contributed by atoms with van der Waals surface area (Å²) in [4.78, 5) is 19.7. The molecule has 14 heavy (non-hydrogen) atoms. The monoisotopic (exact) mass is 330 g/mol. The predicted octanol–water partition coefficient (Wildman–Crippen LogP) is 2.24. The Morgan fingerprint density at radius 2 is 1.21 bits per heavy atom. The Kier molecular flexibility index (Phi) is 7.17. The van der Waals surface area contributed by atoms with Crippen molar-refractivity contribution in [3.05, 3.63) is 0 Å². The number of carbonyl (C=O) groups is 2. The van der Waals surface area contributed by atoms with Gasteiger partial charge in [0.05, 0.1) is 0 Å². The maximum atomic E-state index is 10.4. The molecule has 0 aromatic carbocycles. The molecule has 0 fully saturated rings. The number of rotatable bonds is 7. The highest BCUT2D eigenvalue weighted by Gasteiger charge is 2.14. The number of hydrogen-bond donors (Lipinski definition) is 2. The number of aliphatic carboxylic acids is 2. The van der Waals surface area contributed by atoms with Crippen LogP contribution in [0.2, 0.25) is 0 Å². The molecule has 0 radical (unpaired) electrons. The van der Waals surface area contributed by atoms with E-state index < -0.39 is 21.6 Å². The molecule has 2 N–H and O–H groups in total. The zero-order valence-corrected chi connectivity index (χ0v) is 10.6. The summed E-state index contributed by atoms with van der Waals surface area (Å²) >= 11 is 6.02. The van der Waals surface area contributed by atoms with E-state index in [1.54, 1.807) is 0 Å². The molecular formula is C8H12Br2O4. The summed E-state index contributed by atoms with van der Waals surface area (Å²) in [5.41, 5.74) is 0. The number of hydrogen-bond acceptors (Lipinski definition) is 2. The summed E-state index contributed by atoms with van der Waals surface area (Å²) in [5.74, 6) is -1.75. The molecule has 0 bridgehead atoms. The smallest absolute Gasteiger partial charge is 0.317 e. The molecule has 4 nitrogen and oxygen atoms in total. The highest BCUT2D eigenvalue weighted by molar-refractivity contribution is 9.10. The minimum absolute atomic E-state index is 0.522. The van der Waals surface area contributed by atoms with Crippen LogP contribution in [0.1, 0.15) is 25.7 Å². The quantitative estimate of drug-likeness (QED) is 0.554. The molecule has 0 saturated carbocycles. The maximum Gasteiger partial charge on any atom is 0.317 e. The molecule has 6 heteroatoms. The first-order chi connectivity index (χ1) is 6.45. The summed E-state index contributed by atoms with van der Waals surface area (Å²) in [6.07, 6.45) is 2.46. The van der Waals surface area contributed by atoms with E-state index in [0.29, 0.717) is 25.7 Å². The van der Waals surface area contributed by atoms with Crippen molar-refractivity contribution in [3.8, 4) is 0 Å². The third-order valence-electron chi connectivity index (χ3n) is 1.70. The lowest BCUT2D eigenvalue weighted by molar-refractivity contribution is -0.137. The van der Waals surface area contributed by atoms with Gasteiger partial charge in [0.25, 0.3) is 0 Å². The minimum atomic E-state index is -0.876. The van der Waals surface area contributed by atoms with Gasteiger partial charge in [-0.2, -0.15) is 0 Å². The van der Waals surface area contributed by atoms with Crippen LogP contribution in [-0.2, 0) is 9.59 Å². The summed E-state index contributed by atoms with van der Waals surface area (Å²) in [6.45, 7) is 0. The fourth-order valence-corrected chi connectivity index (χ4v) is 1.54. The fraction of sp³-hybridized carbons (Fsp3) is 0.750. The third kappa shape index (κ3) is 6.37. The van der Waals surface area contributed by atoms with Crippen molar-refractivity contribution in [1.82, 2.24) is 0 Å². The lowest BCUT2D eigenvalue weighted by Gasteiger charge is -2.05. The molecule has 0 unspecified atom stereocenters. The topological polar surface area (TPSA) is 74.6 Å². The lowest BCUT2D eigenvalue weighted by atomic mass is 10.1. The van der Waals surface area contributed by atoms with E-state index in [9.17, 15) is 9.59 Å². The molecule has 0 aromatic rings. The van der Waals surface area contributed by atoms with Gasteiger partial charge in [-0.25, -0.2) is 0 Å². The average molecular weight is 332 g/mol. The number of carboxylic acid groups (broad SMARTS) is 2. The van der Waals surface area contributed by atoms with E-state index in [-0.39, 0.29) is 0 Å². The van der Waals surface area contributed by atoms with Crippen molar-refractivity contribution in [2.24, 2.45) is 0 Å². The van der Waals surface area contributed by atoms with E-state index >= 15 is 0 Å². The minimum Gasteiger partial charge on any atom is -0.480 e. The molecule has 0 saturated heterocycles. The van der Waals surface area contributed by atoms with Crippen LogP contribution in [0.4, 0.5) is 0 Å². The Labute approximate surface area is 98.9 Å². The largest absolute Gasteiger partial charge is 0.480 e. The Morgan fingerprint density at radius 3 is 1.43 bits per heavy atom. The molecule has 82 valence electrons. The van der Waals surface area contributed by atoms with Gasteiger partial charge in [-0.3, -0.25) is 9.59 Å². The van der Waals surface area contributed by atoms with Crippen LogP contribution in [-0.4, -0.2) is 31.8 Å². The average Bonchev–Trinajstić information content (AvgIpc) is 2.11. The van der Waals surface area contributed by atoms with Crippen LogP contribution in [0, 0.1) is 0 Å². The molecule has 0 amide bonds. The first-order valence-electron chi connectivity index (χ1n) is 4.19. The van der Waals surface area contributed by atoms with Crippen LogP contribution >= 0.6 is 31.9 Å². The summed E-state index contributed by atoms with van der Waals surface area (Å²) in [7, 11) is 0. The molecule has 0 spiro atoms. The van der Waals surface area contributed by atoms with E-state index in [1.807, 2.05) is 0 Å². The van der Waals surface area contributed by atoms with Gasteiger partial charge in [-0.05, 0) is 12.8 Å².